The van der Waals surface area contributed by atoms with Gasteiger partial charge in [-0.2, -0.15) is 5.10 Å². The van der Waals surface area contributed by atoms with Crippen LogP contribution < -0.4 is 5.32 Å². The Morgan fingerprint density at radius 1 is 1.37 bits per heavy atom. The Morgan fingerprint density at radius 2 is 2.11 bits per heavy atom. The highest BCUT2D eigenvalue weighted by Crippen LogP contribution is 2.25. The van der Waals surface area contributed by atoms with Gasteiger partial charge in [0.25, 0.3) is 0 Å². The van der Waals surface area contributed by atoms with Gasteiger partial charge in [0.05, 0.1) is 11.4 Å². The van der Waals surface area contributed by atoms with Crippen molar-refractivity contribution in [3.63, 3.8) is 0 Å². The van der Waals surface area contributed by atoms with Gasteiger partial charge < -0.3 is 5.32 Å². The topological polar surface area (TPSA) is 42.7 Å². The lowest BCUT2D eigenvalue weighted by molar-refractivity contribution is 0.549. The van der Waals surface area contributed by atoms with Crippen LogP contribution in [-0.2, 0) is 19.0 Å². The Labute approximate surface area is 118 Å². The van der Waals surface area contributed by atoms with E-state index in [1.807, 2.05) is 30.1 Å². The van der Waals surface area contributed by atoms with E-state index in [9.17, 15) is 0 Å². The molecule has 0 saturated heterocycles. The van der Waals surface area contributed by atoms with E-state index in [0.29, 0.717) is 11.7 Å². The van der Waals surface area contributed by atoms with Crippen LogP contribution in [-0.4, -0.2) is 14.8 Å². The average molecular weight is 279 g/mol. The zero-order valence-electron chi connectivity index (χ0n) is 11.7. The first-order chi connectivity index (χ1) is 8.88. The van der Waals surface area contributed by atoms with Crippen LogP contribution in [0, 0.1) is 0 Å². The van der Waals surface area contributed by atoms with Crippen LogP contribution in [0.2, 0.25) is 5.15 Å². The van der Waals surface area contributed by atoms with E-state index in [0.717, 1.165) is 11.4 Å². The molecule has 0 aliphatic rings. The molecule has 2 rings (SSSR count). The van der Waals surface area contributed by atoms with Crippen molar-refractivity contribution in [2.75, 3.05) is 5.32 Å². The lowest BCUT2D eigenvalue weighted by Gasteiger charge is -2.18. The van der Waals surface area contributed by atoms with Crippen molar-refractivity contribution in [1.29, 1.82) is 0 Å². The summed E-state index contributed by atoms with van der Waals surface area (Å²) in [5.74, 6) is 0. The maximum atomic E-state index is 6.03. The molecule has 0 unspecified atom stereocenters. The number of hydrogen-bond donors (Lipinski definition) is 1. The Balaban J connectivity index is 2.19. The molecule has 2 aromatic rings. The highest BCUT2D eigenvalue weighted by atomic mass is 35.5. The molecule has 102 valence electrons. The van der Waals surface area contributed by atoms with Crippen molar-refractivity contribution in [3.05, 3.63) is 40.9 Å². The fraction of sp³-hybridized carbons (Fsp3) is 0.429. The second-order valence-electron chi connectivity index (χ2n) is 5.62. The normalized spacial score (nSPS) is 11.6. The molecule has 0 aliphatic carbocycles. The summed E-state index contributed by atoms with van der Waals surface area (Å²) in [4.78, 5) is 4.05. The molecule has 0 fully saturated rings. The van der Waals surface area contributed by atoms with E-state index in [1.54, 1.807) is 6.20 Å². The standard InChI is InChI=1S/C14H19ClN4/c1-14(2,3)12-10(9-19(4)18-12)8-17-11-6-5-7-16-13(11)15/h5-7,9,17H,8H2,1-4H3. The van der Waals surface area contributed by atoms with E-state index >= 15 is 0 Å². The molecular formula is C14H19ClN4. The van der Waals surface area contributed by atoms with Crippen molar-refractivity contribution >= 4 is 17.3 Å². The average Bonchev–Trinajstić information content (AvgIpc) is 2.69. The molecule has 0 aromatic carbocycles. The fourth-order valence-corrected chi connectivity index (χ4v) is 2.19. The molecule has 0 radical (unpaired) electrons. The first-order valence-electron chi connectivity index (χ1n) is 6.25. The van der Waals surface area contributed by atoms with Gasteiger partial charge in [0.1, 0.15) is 0 Å². The SMILES string of the molecule is Cn1cc(CNc2cccnc2Cl)c(C(C)(C)C)n1. The molecule has 19 heavy (non-hydrogen) atoms. The number of hydrogen-bond acceptors (Lipinski definition) is 3. The number of nitrogens with zero attached hydrogens (tertiary/aromatic N) is 3. The predicted molar refractivity (Wildman–Crippen MR) is 78.5 cm³/mol. The molecule has 0 bridgehead atoms. The zero-order valence-corrected chi connectivity index (χ0v) is 12.5. The van der Waals surface area contributed by atoms with Crippen molar-refractivity contribution in [2.24, 2.45) is 7.05 Å². The van der Waals surface area contributed by atoms with Gasteiger partial charge in [0.2, 0.25) is 0 Å². The molecule has 4 nitrogen and oxygen atoms in total. The molecule has 0 spiro atoms. The number of pyridine rings is 1. The van der Waals surface area contributed by atoms with Gasteiger partial charge in [-0.15, -0.1) is 0 Å². The van der Waals surface area contributed by atoms with Crippen LogP contribution in [0.15, 0.2) is 24.5 Å². The molecule has 2 heterocycles. The number of nitrogens with one attached hydrogen (secondary N) is 1. The Morgan fingerprint density at radius 3 is 2.74 bits per heavy atom. The zero-order chi connectivity index (χ0) is 14.0. The van der Waals surface area contributed by atoms with Gasteiger partial charge in [-0.1, -0.05) is 32.4 Å². The van der Waals surface area contributed by atoms with Crippen LogP contribution >= 0.6 is 11.6 Å². The predicted octanol–water partition coefficient (Wildman–Crippen LogP) is 3.38. The van der Waals surface area contributed by atoms with E-state index in [2.05, 4.69) is 36.2 Å². The summed E-state index contributed by atoms with van der Waals surface area (Å²) >= 11 is 6.03. The molecule has 1 N–H and O–H groups in total. The van der Waals surface area contributed by atoms with Crippen LogP contribution in [0.1, 0.15) is 32.0 Å². The Bertz CT molecular complexity index is 569. The largest absolute Gasteiger partial charge is 0.378 e. The second kappa shape index (κ2) is 5.21. The third-order valence-corrected chi connectivity index (χ3v) is 3.14. The summed E-state index contributed by atoms with van der Waals surface area (Å²) < 4.78 is 1.85. The minimum absolute atomic E-state index is 0.0248. The maximum Gasteiger partial charge on any atom is 0.152 e. The van der Waals surface area contributed by atoms with E-state index in [4.69, 9.17) is 11.6 Å². The Hall–Kier alpha value is -1.55. The number of anilines is 1. The van der Waals surface area contributed by atoms with Crippen molar-refractivity contribution in [1.82, 2.24) is 14.8 Å². The van der Waals surface area contributed by atoms with Gasteiger partial charge in [0, 0.05) is 37.0 Å². The van der Waals surface area contributed by atoms with Crippen molar-refractivity contribution in [3.8, 4) is 0 Å². The van der Waals surface area contributed by atoms with Crippen LogP contribution in [0.5, 0.6) is 0 Å². The molecule has 0 atom stereocenters. The van der Waals surface area contributed by atoms with Crippen LogP contribution in [0.3, 0.4) is 0 Å². The summed E-state index contributed by atoms with van der Waals surface area (Å²) in [5, 5.41) is 8.34. The third kappa shape index (κ3) is 3.26. The first kappa shape index (κ1) is 13.9. The van der Waals surface area contributed by atoms with E-state index in [1.165, 1.54) is 5.56 Å². The number of halogens is 1. The first-order valence-corrected chi connectivity index (χ1v) is 6.63. The van der Waals surface area contributed by atoms with Crippen LogP contribution in [0.25, 0.3) is 0 Å². The minimum Gasteiger partial charge on any atom is -0.378 e. The van der Waals surface area contributed by atoms with E-state index < -0.39 is 0 Å². The third-order valence-electron chi connectivity index (χ3n) is 2.84. The maximum absolute atomic E-state index is 6.03. The molecule has 0 saturated carbocycles. The van der Waals surface area contributed by atoms with Gasteiger partial charge >= 0.3 is 0 Å². The fourth-order valence-electron chi connectivity index (χ4n) is 2.01. The molecular weight excluding hydrogens is 260 g/mol. The lowest BCUT2D eigenvalue weighted by atomic mass is 9.89. The summed E-state index contributed by atoms with van der Waals surface area (Å²) in [6.45, 7) is 7.17. The highest BCUT2D eigenvalue weighted by molar-refractivity contribution is 6.31. The quantitative estimate of drug-likeness (QED) is 0.876. The smallest absolute Gasteiger partial charge is 0.152 e. The van der Waals surface area contributed by atoms with Gasteiger partial charge in [-0.3, -0.25) is 4.68 Å². The summed E-state index contributed by atoms with van der Waals surface area (Å²) in [7, 11) is 1.94. The van der Waals surface area contributed by atoms with Gasteiger partial charge in [-0.05, 0) is 12.1 Å². The van der Waals surface area contributed by atoms with Gasteiger partial charge in [-0.25, -0.2) is 4.98 Å². The summed E-state index contributed by atoms with van der Waals surface area (Å²) in [6, 6.07) is 3.78. The minimum atomic E-state index is 0.0248. The number of rotatable bonds is 3. The molecule has 0 aliphatic heterocycles. The number of aryl methyl sites for hydroxylation is 1. The lowest BCUT2D eigenvalue weighted by Crippen LogP contribution is -2.16. The molecule has 2 aromatic heterocycles. The monoisotopic (exact) mass is 278 g/mol. The molecule has 5 heteroatoms. The van der Waals surface area contributed by atoms with Crippen molar-refractivity contribution < 1.29 is 0 Å². The Kier molecular flexibility index (Phi) is 3.80. The number of aromatic nitrogens is 3. The summed E-state index contributed by atoms with van der Waals surface area (Å²) in [5.41, 5.74) is 3.14. The highest BCUT2D eigenvalue weighted by Gasteiger charge is 2.21. The van der Waals surface area contributed by atoms with E-state index in [-0.39, 0.29) is 5.41 Å². The summed E-state index contributed by atoms with van der Waals surface area (Å²) in [6.07, 6.45) is 3.72. The van der Waals surface area contributed by atoms with Crippen molar-refractivity contribution in [2.45, 2.75) is 32.7 Å². The van der Waals surface area contributed by atoms with Gasteiger partial charge in [0.15, 0.2) is 5.15 Å². The molecule has 0 amide bonds. The van der Waals surface area contributed by atoms with Crippen LogP contribution in [0.4, 0.5) is 5.69 Å². The second-order valence-corrected chi connectivity index (χ2v) is 5.98.